The van der Waals surface area contributed by atoms with Gasteiger partial charge in [0.05, 0.1) is 24.4 Å². The summed E-state index contributed by atoms with van der Waals surface area (Å²) in [5.41, 5.74) is 0. The summed E-state index contributed by atoms with van der Waals surface area (Å²) in [7, 11) is 0. The summed E-state index contributed by atoms with van der Waals surface area (Å²) in [6, 6.07) is 0. The highest BCUT2D eigenvalue weighted by atomic mass is 35.5. The van der Waals surface area contributed by atoms with Crippen molar-refractivity contribution < 1.29 is 14.1 Å². The van der Waals surface area contributed by atoms with Crippen LogP contribution in [0.2, 0.25) is 5.02 Å². The van der Waals surface area contributed by atoms with Crippen LogP contribution in [-0.4, -0.2) is 32.5 Å². The van der Waals surface area contributed by atoms with Gasteiger partial charge in [-0.15, -0.1) is 0 Å². The summed E-state index contributed by atoms with van der Waals surface area (Å²) in [6.07, 6.45) is 3.25. The summed E-state index contributed by atoms with van der Waals surface area (Å²) in [5, 5.41) is 8.38. The number of aromatic nitrogens is 4. The van der Waals surface area contributed by atoms with Gasteiger partial charge in [-0.1, -0.05) is 23.7 Å². The highest BCUT2D eigenvalue weighted by Crippen LogP contribution is 2.15. The van der Waals surface area contributed by atoms with Crippen LogP contribution in [0.1, 0.15) is 36.3 Å². The van der Waals surface area contributed by atoms with Crippen LogP contribution in [0.3, 0.4) is 0 Å². The van der Waals surface area contributed by atoms with Crippen LogP contribution in [0.15, 0.2) is 16.9 Å². The lowest BCUT2D eigenvalue weighted by molar-refractivity contribution is 0.0470. The van der Waals surface area contributed by atoms with E-state index in [1.165, 1.54) is 0 Å². The van der Waals surface area contributed by atoms with E-state index in [9.17, 15) is 4.79 Å². The number of carbonyl (C=O) groups is 1. The van der Waals surface area contributed by atoms with Gasteiger partial charge in [-0.25, -0.2) is 4.79 Å². The Bertz CT molecular complexity index is 566. The number of esters is 1. The lowest BCUT2D eigenvalue weighted by Gasteiger charge is -2.05. The normalized spacial score (nSPS) is 12.4. The number of ether oxygens (including phenoxy) is 1. The first-order valence-corrected chi connectivity index (χ1v) is 6.16. The van der Waals surface area contributed by atoms with Gasteiger partial charge in [0.1, 0.15) is 0 Å². The Kier molecular flexibility index (Phi) is 4.16. The fourth-order valence-electron chi connectivity index (χ4n) is 1.51. The van der Waals surface area contributed by atoms with Gasteiger partial charge < -0.3 is 9.26 Å². The number of carbonyl (C=O) groups excluding carboxylic acids is 1. The molecule has 2 heterocycles. The molecule has 1 unspecified atom stereocenters. The first-order chi connectivity index (χ1) is 9.10. The van der Waals surface area contributed by atoms with Crippen molar-refractivity contribution in [2.45, 2.75) is 26.3 Å². The van der Waals surface area contributed by atoms with Crippen LogP contribution in [0.4, 0.5) is 0 Å². The van der Waals surface area contributed by atoms with Crippen LogP contribution in [0.5, 0.6) is 0 Å². The van der Waals surface area contributed by atoms with Gasteiger partial charge in [0.2, 0.25) is 0 Å². The van der Waals surface area contributed by atoms with Crippen LogP contribution in [-0.2, 0) is 11.3 Å². The minimum Gasteiger partial charge on any atom is -0.459 e. The topological polar surface area (TPSA) is 83.0 Å². The molecule has 1 atom stereocenters. The Morgan fingerprint density at radius 3 is 3.05 bits per heavy atom. The lowest BCUT2D eigenvalue weighted by Crippen LogP contribution is -2.09. The molecular formula is C11H13ClN4O3. The Balaban J connectivity index is 2.03. The van der Waals surface area contributed by atoms with E-state index in [0.717, 1.165) is 0 Å². The lowest BCUT2D eigenvalue weighted by atomic mass is 10.2. The molecule has 8 heteroatoms. The van der Waals surface area contributed by atoms with Crippen molar-refractivity contribution in [2.24, 2.45) is 0 Å². The van der Waals surface area contributed by atoms with Crippen LogP contribution in [0, 0.1) is 0 Å². The molecule has 0 amide bonds. The van der Waals surface area contributed by atoms with Crippen molar-refractivity contribution in [3.8, 4) is 0 Å². The van der Waals surface area contributed by atoms with Crippen molar-refractivity contribution in [1.29, 1.82) is 0 Å². The van der Waals surface area contributed by atoms with E-state index in [1.807, 2.05) is 6.92 Å². The van der Waals surface area contributed by atoms with Gasteiger partial charge in [0.25, 0.3) is 0 Å². The Morgan fingerprint density at radius 1 is 1.63 bits per heavy atom. The van der Waals surface area contributed by atoms with E-state index >= 15 is 0 Å². The molecular weight excluding hydrogens is 272 g/mol. The van der Waals surface area contributed by atoms with Gasteiger partial charge in [-0.3, -0.25) is 4.68 Å². The minimum atomic E-state index is -0.615. The van der Waals surface area contributed by atoms with Crippen LogP contribution in [0.25, 0.3) is 0 Å². The maximum absolute atomic E-state index is 11.4. The zero-order chi connectivity index (χ0) is 13.8. The van der Waals surface area contributed by atoms with Gasteiger partial charge in [0, 0.05) is 12.1 Å². The fourth-order valence-corrected chi connectivity index (χ4v) is 1.67. The van der Waals surface area contributed by atoms with Crippen molar-refractivity contribution in [2.75, 3.05) is 6.61 Å². The first-order valence-electron chi connectivity index (χ1n) is 5.78. The van der Waals surface area contributed by atoms with E-state index < -0.39 is 5.97 Å². The standard InChI is InChI=1S/C11H13ClN4O3/c1-3-18-11(17)10-14-9(15-19-10)7(2)5-16-6-8(12)4-13-16/h4,6-7H,3,5H2,1-2H3. The third-order valence-electron chi connectivity index (χ3n) is 2.40. The van der Waals surface area contributed by atoms with E-state index in [2.05, 4.69) is 15.2 Å². The molecule has 0 aromatic carbocycles. The second-order valence-electron chi connectivity index (χ2n) is 3.96. The van der Waals surface area contributed by atoms with E-state index in [-0.39, 0.29) is 18.4 Å². The molecule has 0 aliphatic rings. The van der Waals surface area contributed by atoms with Crippen molar-refractivity contribution in [3.63, 3.8) is 0 Å². The number of halogens is 1. The molecule has 0 spiro atoms. The number of hydrogen-bond acceptors (Lipinski definition) is 6. The third-order valence-corrected chi connectivity index (χ3v) is 2.59. The largest absolute Gasteiger partial charge is 0.459 e. The Morgan fingerprint density at radius 2 is 2.42 bits per heavy atom. The van der Waals surface area contributed by atoms with Crippen LogP contribution >= 0.6 is 11.6 Å². The van der Waals surface area contributed by atoms with Crippen molar-refractivity contribution >= 4 is 17.6 Å². The van der Waals surface area contributed by atoms with E-state index in [1.54, 1.807) is 24.0 Å². The Hall–Kier alpha value is -1.89. The number of hydrogen-bond donors (Lipinski definition) is 0. The highest BCUT2D eigenvalue weighted by Gasteiger charge is 2.20. The average Bonchev–Trinajstić information content (AvgIpc) is 2.98. The number of rotatable bonds is 5. The molecule has 0 N–H and O–H groups in total. The summed E-state index contributed by atoms with van der Waals surface area (Å²) >= 11 is 5.78. The summed E-state index contributed by atoms with van der Waals surface area (Å²) < 4.78 is 11.3. The summed E-state index contributed by atoms with van der Waals surface area (Å²) in [5.74, 6) is -0.393. The second kappa shape index (κ2) is 5.83. The molecule has 0 aliphatic heterocycles. The molecule has 0 bridgehead atoms. The molecule has 0 radical (unpaired) electrons. The van der Waals surface area contributed by atoms with Gasteiger partial charge >= 0.3 is 11.9 Å². The Labute approximate surface area is 114 Å². The highest BCUT2D eigenvalue weighted by molar-refractivity contribution is 6.30. The average molecular weight is 285 g/mol. The zero-order valence-corrected chi connectivity index (χ0v) is 11.3. The molecule has 0 saturated carbocycles. The molecule has 7 nitrogen and oxygen atoms in total. The van der Waals surface area contributed by atoms with Crippen LogP contribution < -0.4 is 0 Å². The fraction of sp³-hybridized carbons (Fsp3) is 0.455. The zero-order valence-electron chi connectivity index (χ0n) is 10.5. The monoisotopic (exact) mass is 284 g/mol. The summed E-state index contributed by atoms with van der Waals surface area (Å²) in [6.45, 7) is 4.40. The number of nitrogens with zero attached hydrogens (tertiary/aromatic N) is 4. The SMILES string of the molecule is CCOC(=O)c1nc(C(C)Cn2cc(Cl)cn2)no1. The van der Waals surface area contributed by atoms with E-state index in [4.69, 9.17) is 20.9 Å². The smallest absolute Gasteiger partial charge is 0.397 e. The van der Waals surface area contributed by atoms with Crippen molar-refractivity contribution in [1.82, 2.24) is 19.9 Å². The quantitative estimate of drug-likeness (QED) is 0.780. The van der Waals surface area contributed by atoms with Gasteiger partial charge in [0.15, 0.2) is 5.82 Å². The van der Waals surface area contributed by atoms with Gasteiger partial charge in [-0.05, 0) is 6.92 Å². The molecule has 2 rings (SSSR count). The molecule has 19 heavy (non-hydrogen) atoms. The molecule has 2 aromatic heterocycles. The molecule has 0 saturated heterocycles. The molecule has 0 aliphatic carbocycles. The third kappa shape index (κ3) is 3.31. The predicted molar refractivity (Wildman–Crippen MR) is 65.9 cm³/mol. The molecule has 2 aromatic rings. The van der Waals surface area contributed by atoms with E-state index in [0.29, 0.717) is 17.4 Å². The second-order valence-corrected chi connectivity index (χ2v) is 4.40. The van der Waals surface area contributed by atoms with Crippen molar-refractivity contribution in [3.05, 3.63) is 29.1 Å². The predicted octanol–water partition coefficient (Wildman–Crippen LogP) is 1.90. The first kappa shape index (κ1) is 13.5. The molecule has 102 valence electrons. The maximum atomic E-state index is 11.4. The minimum absolute atomic E-state index is 0.0668. The van der Waals surface area contributed by atoms with Gasteiger partial charge in [-0.2, -0.15) is 10.1 Å². The summed E-state index contributed by atoms with van der Waals surface area (Å²) in [4.78, 5) is 15.4. The maximum Gasteiger partial charge on any atom is 0.397 e. The molecule has 0 fully saturated rings.